The van der Waals surface area contributed by atoms with Crippen molar-refractivity contribution in [1.82, 2.24) is 4.90 Å². The zero-order valence-corrected chi connectivity index (χ0v) is 13.8. The standard InChI is InChI=1S/C20H16F3NO2/c21-20(22,23)11-5-6-14-12-3-1-2-4-13(12)16-10-17-24(7-8-26-17)19(25)18(16)15(14)9-11/h1-6,9,16-18H,7-8,10H2/t16-,17+,18+/m1/s1. The Morgan fingerprint density at radius 1 is 1.04 bits per heavy atom. The lowest BCUT2D eigenvalue weighted by atomic mass is 9.67. The van der Waals surface area contributed by atoms with Gasteiger partial charge in [-0.15, -0.1) is 0 Å². The van der Waals surface area contributed by atoms with Gasteiger partial charge in [0.05, 0.1) is 18.1 Å². The lowest BCUT2D eigenvalue weighted by molar-refractivity contribution is -0.144. The summed E-state index contributed by atoms with van der Waals surface area (Å²) in [5.41, 5.74) is 2.44. The summed E-state index contributed by atoms with van der Waals surface area (Å²) in [6.45, 7) is 0.982. The predicted molar refractivity (Wildman–Crippen MR) is 88.4 cm³/mol. The Labute approximate surface area is 148 Å². The van der Waals surface area contributed by atoms with Gasteiger partial charge in [-0.3, -0.25) is 4.79 Å². The van der Waals surface area contributed by atoms with Gasteiger partial charge >= 0.3 is 6.18 Å². The third kappa shape index (κ3) is 2.14. The van der Waals surface area contributed by atoms with E-state index in [1.54, 1.807) is 4.90 Å². The summed E-state index contributed by atoms with van der Waals surface area (Å²) in [6.07, 6.45) is -4.09. The van der Waals surface area contributed by atoms with Crippen LogP contribution < -0.4 is 0 Å². The van der Waals surface area contributed by atoms with Crippen LogP contribution in [0.3, 0.4) is 0 Å². The summed E-state index contributed by atoms with van der Waals surface area (Å²) in [6, 6.07) is 11.5. The molecule has 2 aromatic rings. The van der Waals surface area contributed by atoms with Crippen LogP contribution >= 0.6 is 0 Å². The van der Waals surface area contributed by atoms with E-state index in [1.165, 1.54) is 6.07 Å². The molecule has 2 aromatic carbocycles. The monoisotopic (exact) mass is 359 g/mol. The molecule has 26 heavy (non-hydrogen) atoms. The average Bonchev–Trinajstić information content (AvgIpc) is 3.09. The van der Waals surface area contributed by atoms with Crippen LogP contribution in [0.15, 0.2) is 42.5 Å². The molecule has 0 aromatic heterocycles. The minimum absolute atomic E-state index is 0.126. The van der Waals surface area contributed by atoms with Crippen LogP contribution in [-0.4, -0.2) is 30.2 Å². The normalized spacial score (nSPS) is 26.8. The van der Waals surface area contributed by atoms with Crippen LogP contribution in [0.1, 0.15) is 34.9 Å². The van der Waals surface area contributed by atoms with Gasteiger partial charge < -0.3 is 9.64 Å². The van der Waals surface area contributed by atoms with Gasteiger partial charge in [0.1, 0.15) is 6.23 Å². The molecule has 6 heteroatoms. The Kier molecular flexibility index (Phi) is 3.26. The smallest absolute Gasteiger partial charge is 0.356 e. The van der Waals surface area contributed by atoms with E-state index in [0.29, 0.717) is 25.1 Å². The molecule has 0 spiro atoms. The summed E-state index contributed by atoms with van der Waals surface area (Å²) in [7, 11) is 0. The Morgan fingerprint density at radius 2 is 1.81 bits per heavy atom. The first-order valence-corrected chi connectivity index (χ1v) is 8.67. The number of carbonyl (C=O) groups excluding carboxylic acids is 1. The van der Waals surface area contributed by atoms with E-state index >= 15 is 0 Å². The molecule has 2 fully saturated rings. The molecule has 0 saturated carbocycles. The molecule has 5 rings (SSSR count). The molecule has 0 radical (unpaired) electrons. The minimum Gasteiger partial charge on any atom is -0.356 e. The quantitative estimate of drug-likeness (QED) is 0.708. The molecule has 0 bridgehead atoms. The number of nitrogens with zero attached hydrogens (tertiary/aromatic N) is 1. The zero-order valence-electron chi connectivity index (χ0n) is 13.8. The molecule has 3 atom stereocenters. The number of carbonyl (C=O) groups is 1. The van der Waals surface area contributed by atoms with E-state index in [-0.39, 0.29) is 18.1 Å². The van der Waals surface area contributed by atoms with Gasteiger partial charge in [0.25, 0.3) is 0 Å². The van der Waals surface area contributed by atoms with Crippen molar-refractivity contribution in [2.75, 3.05) is 13.2 Å². The summed E-state index contributed by atoms with van der Waals surface area (Å²) in [5, 5.41) is 0. The number of benzene rings is 2. The van der Waals surface area contributed by atoms with Gasteiger partial charge in [-0.25, -0.2) is 0 Å². The number of rotatable bonds is 0. The molecule has 1 aliphatic carbocycles. The summed E-state index contributed by atoms with van der Waals surface area (Å²) >= 11 is 0. The van der Waals surface area contributed by atoms with E-state index in [4.69, 9.17) is 4.74 Å². The van der Waals surface area contributed by atoms with Gasteiger partial charge in [0.15, 0.2) is 0 Å². The van der Waals surface area contributed by atoms with E-state index in [2.05, 4.69) is 0 Å². The molecule has 1 amide bonds. The maximum atomic E-state index is 13.3. The summed E-state index contributed by atoms with van der Waals surface area (Å²) in [4.78, 5) is 14.8. The van der Waals surface area contributed by atoms with E-state index in [9.17, 15) is 18.0 Å². The lowest BCUT2D eigenvalue weighted by Gasteiger charge is -2.43. The maximum absolute atomic E-state index is 13.3. The molecule has 0 N–H and O–H groups in total. The largest absolute Gasteiger partial charge is 0.416 e. The molecule has 2 heterocycles. The summed E-state index contributed by atoms with van der Waals surface area (Å²) < 4.78 is 45.5. The van der Waals surface area contributed by atoms with Crippen molar-refractivity contribution >= 4 is 5.91 Å². The third-order valence-electron chi connectivity index (χ3n) is 5.76. The van der Waals surface area contributed by atoms with Crippen molar-refractivity contribution in [2.24, 2.45) is 0 Å². The second-order valence-electron chi connectivity index (χ2n) is 7.06. The van der Waals surface area contributed by atoms with Gasteiger partial charge in [0.2, 0.25) is 5.91 Å². The van der Waals surface area contributed by atoms with Crippen molar-refractivity contribution in [3.05, 3.63) is 59.2 Å². The molecule has 2 saturated heterocycles. The van der Waals surface area contributed by atoms with E-state index in [0.717, 1.165) is 28.8 Å². The fraction of sp³-hybridized carbons (Fsp3) is 0.350. The molecule has 134 valence electrons. The third-order valence-corrected chi connectivity index (χ3v) is 5.76. The van der Waals surface area contributed by atoms with Crippen molar-refractivity contribution in [3.8, 4) is 11.1 Å². The zero-order chi connectivity index (χ0) is 18.1. The average molecular weight is 359 g/mol. The van der Waals surface area contributed by atoms with Gasteiger partial charge in [-0.1, -0.05) is 30.3 Å². The fourth-order valence-electron chi connectivity index (χ4n) is 4.64. The topological polar surface area (TPSA) is 29.5 Å². The molecule has 2 aliphatic heterocycles. The second-order valence-corrected chi connectivity index (χ2v) is 7.06. The molecule has 0 unspecified atom stereocenters. The van der Waals surface area contributed by atoms with Crippen LogP contribution in [0, 0.1) is 0 Å². The van der Waals surface area contributed by atoms with Crippen LogP contribution in [-0.2, 0) is 15.7 Å². The maximum Gasteiger partial charge on any atom is 0.416 e. The van der Waals surface area contributed by atoms with Crippen molar-refractivity contribution in [1.29, 1.82) is 0 Å². The highest BCUT2D eigenvalue weighted by molar-refractivity contribution is 5.92. The Bertz CT molecular complexity index is 908. The molecule has 3 nitrogen and oxygen atoms in total. The first kappa shape index (κ1) is 15.9. The van der Waals surface area contributed by atoms with E-state index in [1.807, 2.05) is 24.3 Å². The first-order valence-electron chi connectivity index (χ1n) is 8.67. The lowest BCUT2D eigenvalue weighted by Crippen LogP contribution is -2.48. The number of fused-ring (bicyclic) bond motifs is 7. The predicted octanol–water partition coefficient (Wildman–Crippen LogP) is 4.14. The van der Waals surface area contributed by atoms with Crippen molar-refractivity contribution < 1.29 is 22.7 Å². The van der Waals surface area contributed by atoms with Crippen LogP contribution in [0.5, 0.6) is 0 Å². The van der Waals surface area contributed by atoms with Crippen LogP contribution in [0.4, 0.5) is 13.2 Å². The second kappa shape index (κ2) is 5.33. The summed E-state index contributed by atoms with van der Waals surface area (Å²) in [5.74, 6) is -0.868. The highest BCUT2D eigenvalue weighted by atomic mass is 19.4. The van der Waals surface area contributed by atoms with E-state index < -0.39 is 17.7 Å². The Morgan fingerprint density at radius 3 is 2.62 bits per heavy atom. The van der Waals surface area contributed by atoms with Crippen LogP contribution in [0.2, 0.25) is 0 Å². The first-order chi connectivity index (χ1) is 12.4. The number of hydrogen-bond acceptors (Lipinski definition) is 2. The number of amides is 1. The van der Waals surface area contributed by atoms with Gasteiger partial charge in [0, 0.05) is 18.9 Å². The van der Waals surface area contributed by atoms with Gasteiger partial charge in [-0.05, 0) is 34.4 Å². The van der Waals surface area contributed by atoms with Crippen LogP contribution in [0.25, 0.3) is 11.1 Å². The number of piperidine rings is 1. The molecule has 3 aliphatic rings. The molecular weight excluding hydrogens is 343 g/mol. The fourth-order valence-corrected chi connectivity index (χ4v) is 4.64. The van der Waals surface area contributed by atoms with Crippen molar-refractivity contribution in [3.63, 3.8) is 0 Å². The highest BCUT2D eigenvalue weighted by Crippen LogP contribution is 2.53. The Balaban J connectivity index is 1.73. The number of hydrogen-bond donors (Lipinski definition) is 0. The Hall–Kier alpha value is -2.34. The SMILES string of the molecule is O=C1[C@H]2c3cc(C(F)(F)F)ccc3-c3ccccc3[C@H]2C[C@@H]2OCCN12. The van der Waals surface area contributed by atoms with Gasteiger partial charge in [-0.2, -0.15) is 13.2 Å². The van der Waals surface area contributed by atoms with Crippen molar-refractivity contribution in [2.45, 2.75) is 30.7 Å². The highest BCUT2D eigenvalue weighted by Gasteiger charge is 2.49. The number of alkyl halides is 3. The minimum atomic E-state index is -4.43. The number of halogens is 3. The molecular formula is C20H16F3NO2. The number of ether oxygens (including phenoxy) is 1.